The third-order valence-electron chi connectivity index (χ3n) is 6.09. The van der Waals surface area contributed by atoms with Gasteiger partial charge >= 0.3 is 0 Å². The van der Waals surface area contributed by atoms with Crippen molar-refractivity contribution >= 4 is 17.5 Å². The van der Waals surface area contributed by atoms with Crippen LogP contribution in [0.2, 0.25) is 0 Å². The lowest BCUT2D eigenvalue weighted by Crippen LogP contribution is -2.54. The van der Waals surface area contributed by atoms with Crippen LogP contribution in [0.5, 0.6) is 0 Å². The zero-order chi connectivity index (χ0) is 18.4. The van der Waals surface area contributed by atoms with Crippen molar-refractivity contribution in [2.45, 2.75) is 31.3 Å². The molecule has 1 saturated carbocycles. The maximum atomic E-state index is 9.08. The molecule has 3 aliphatic rings. The molecule has 2 aromatic rings. The first-order valence-corrected chi connectivity index (χ1v) is 9.68. The van der Waals surface area contributed by atoms with Crippen molar-refractivity contribution in [3.63, 3.8) is 0 Å². The lowest BCUT2D eigenvalue weighted by atomic mass is 10.1. The van der Waals surface area contributed by atoms with Gasteiger partial charge < -0.3 is 10.2 Å². The molecule has 0 amide bonds. The number of hydrogen-bond donors (Lipinski definition) is 1. The predicted octanol–water partition coefficient (Wildman–Crippen LogP) is 1.77. The Hall–Kier alpha value is -2.66. The van der Waals surface area contributed by atoms with Gasteiger partial charge in [0.1, 0.15) is 5.82 Å². The number of hydrogen-bond acceptors (Lipinski definition) is 7. The normalized spacial score (nSPS) is 29.6. The average Bonchev–Trinajstić information content (AvgIpc) is 3.25. The molecule has 2 aliphatic heterocycles. The summed E-state index contributed by atoms with van der Waals surface area (Å²) in [5.74, 6) is 2.48. The molecule has 1 aliphatic carbocycles. The molecule has 0 spiro atoms. The van der Waals surface area contributed by atoms with Crippen molar-refractivity contribution < 1.29 is 0 Å². The highest BCUT2D eigenvalue weighted by Crippen LogP contribution is 2.42. The zero-order valence-corrected chi connectivity index (χ0v) is 15.5. The minimum atomic E-state index is 0.297. The van der Waals surface area contributed by atoms with Crippen molar-refractivity contribution in [2.24, 2.45) is 18.9 Å². The summed E-state index contributed by atoms with van der Waals surface area (Å²) in [7, 11) is 1.89. The summed E-state index contributed by atoms with van der Waals surface area (Å²) in [4.78, 5) is 14.1. The molecular formula is C19H24N8. The van der Waals surface area contributed by atoms with Crippen molar-refractivity contribution in [1.29, 1.82) is 5.26 Å². The van der Waals surface area contributed by atoms with Gasteiger partial charge in [-0.2, -0.15) is 15.3 Å². The summed E-state index contributed by atoms with van der Waals surface area (Å²) in [6.07, 6.45) is 9.07. The number of anilines is 3. The van der Waals surface area contributed by atoms with E-state index in [1.807, 2.05) is 25.5 Å². The van der Waals surface area contributed by atoms with Crippen molar-refractivity contribution in [3.05, 3.63) is 24.7 Å². The van der Waals surface area contributed by atoms with Gasteiger partial charge in [-0.15, -0.1) is 0 Å². The predicted molar refractivity (Wildman–Crippen MR) is 101 cm³/mol. The zero-order valence-electron chi connectivity index (χ0n) is 15.5. The van der Waals surface area contributed by atoms with Gasteiger partial charge in [-0.1, -0.05) is 0 Å². The molecule has 140 valence electrons. The van der Waals surface area contributed by atoms with Gasteiger partial charge in [-0.05, 0) is 31.2 Å². The third-order valence-corrected chi connectivity index (χ3v) is 6.09. The number of aromatic nitrogens is 4. The standard InChI is InChI=1S/C19H24N8/c1-25-10-15(8-22-25)23-19-21-5-4-18(24-19)26-11-16-2-3-17(12-26)27(16)9-14-6-13(14)7-20/h4-5,8,10,13-14,16-17H,2-3,6,9,11-12H2,1H3,(H,21,23,24)/t13-,14-,16-,17+/m0/s1. The van der Waals surface area contributed by atoms with E-state index in [1.54, 1.807) is 10.9 Å². The quantitative estimate of drug-likeness (QED) is 0.865. The highest BCUT2D eigenvalue weighted by molar-refractivity contribution is 5.53. The van der Waals surface area contributed by atoms with Crippen LogP contribution in [0.4, 0.5) is 17.5 Å². The van der Waals surface area contributed by atoms with Crippen LogP contribution in [-0.4, -0.2) is 56.4 Å². The van der Waals surface area contributed by atoms with Gasteiger partial charge in [0.15, 0.2) is 0 Å². The van der Waals surface area contributed by atoms with Crippen LogP contribution in [-0.2, 0) is 7.05 Å². The molecule has 0 radical (unpaired) electrons. The summed E-state index contributed by atoms with van der Waals surface area (Å²) < 4.78 is 1.75. The van der Waals surface area contributed by atoms with Crippen LogP contribution >= 0.6 is 0 Å². The van der Waals surface area contributed by atoms with Gasteiger partial charge in [0.25, 0.3) is 0 Å². The summed E-state index contributed by atoms with van der Waals surface area (Å²) >= 11 is 0. The van der Waals surface area contributed by atoms with Crippen molar-refractivity contribution in [1.82, 2.24) is 24.6 Å². The monoisotopic (exact) mass is 364 g/mol. The Morgan fingerprint density at radius 3 is 2.78 bits per heavy atom. The fourth-order valence-corrected chi connectivity index (χ4v) is 4.55. The first-order chi connectivity index (χ1) is 13.2. The van der Waals surface area contributed by atoms with E-state index in [-0.39, 0.29) is 0 Å². The fraction of sp³-hybridized carbons (Fsp3) is 0.579. The van der Waals surface area contributed by atoms with Gasteiger partial charge in [0.2, 0.25) is 5.95 Å². The molecule has 1 N–H and O–H groups in total. The van der Waals surface area contributed by atoms with Gasteiger partial charge in [0.05, 0.1) is 23.9 Å². The lowest BCUT2D eigenvalue weighted by molar-refractivity contribution is 0.160. The van der Waals surface area contributed by atoms with E-state index in [0.29, 0.717) is 29.9 Å². The Morgan fingerprint density at radius 1 is 1.30 bits per heavy atom. The summed E-state index contributed by atoms with van der Waals surface area (Å²) in [5.41, 5.74) is 0.885. The summed E-state index contributed by atoms with van der Waals surface area (Å²) in [5, 5.41) is 16.5. The van der Waals surface area contributed by atoms with E-state index in [2.05, 4.69) is 31.3 Å². The molecule has 2 bridgehead atoms. The molecule has 0 aromatic carbocycles. The molecule has 2 aromatic heterocycles. The van der Waals surface area contributed by atoms with Crippen LogP contribution in [0.15, 0.2) is 24.7 Å². The van der Waals surface area contributed by atoms with Gasteiger partial charge in [-0.25, -0.2) is 4.98 Å². The Labute approximate surface area is 158 Å². The largest absolute Gasteiger partial charge is 0.353 e. The van der Waals surface area contributed by atoms with Gasteiger partial charge in [0, 0.05) is 51.2 Å². The van der Waals surface area contributed by atoms with E-state index in [9.17, 15) is 0 Å². The van der Waals surface area contributed by atoms with E-state index >= 15 is 0 Å². The van der Waals surface area contributed by atoms with Crippen molar-refractivity contribution in [3.8, 4) is 6.07 Å². The molecule has 3 fully saturated rings. The Balaban J connectivity index is 1.26. The van der Waals surface area contributed by atoms with Crippen molar-refractivity contribution in [2.75, 3.05) is 29.9 Å². The highest BCUT2D eigenvalue weighted by Gasteiger charge is 2.45. The molecule has 4 atom stereocenters. The number of aryl methyl sites for hydroxylation is 1. The molecule has 5 rings (SSSR count). The lowest BCUT2D eigenvalue weighted by Gasteiger charge is -2.41. The first kappa shape index (κ1) is 16.5. The third kappa shape index (κ3) is 3.23. The first-order valence-electron chi connectivity index (χ1n) is 9.68. The number of nitrogens with one attached hydrogen (secondary N) is 1. The number of rotatable bonds is 5. The molecular weight excluding hydrogens is 340 g/mol. The van der Waals surface area contributed by atoms with E-state index < -0.39 is 0 Å². The van der Waals surface area contributed by atoms with Crippen LogP contribution in [0.3, 0.4) is 0 Å². The second kappa shape index (κ2) is 6.50. The highest BCUT2D eigenvalue weighted by atomic mass is 15.4. The van der Waals surface area contributed by atoms with Gasteiger partial charge in [-0.3, -0.25) is 9.58 Å². The minimum Gasteiger partial charge on any atom is -0.353 e. The number of piperazine rings is 1. The smallest absolute Gasteiger partial charge is 0.229 e. The van der Waals surface area contributed by atoms with E-state index in [4.69, 9.17) is 10.2 Å². The molecule has 27 heavy (non-hydrogen) atoms. The van der Waals surface area contributed by atoms with E-state index in [1.165, 1.54) is 12.8 Å². The maximum absolute atomic E-state index is 9.08. The molecule has 2 saturated heterocycles. The van der Waals surface area contributed by atoms with Crippen LogP contribution in [0, 0.1) is 23.2 Å². The molecule has 8 heteroatoms. The molecule has 4 heterocycles. The van der Waals surface area contributed by atoms with Crippen LogP contribution in [0.25, 0.3) is 0 Å². The maximum Gasteiger partial charge on any atom is 0.229 e. The number of fused-ring (bicyclic) bond motifs is 2. The SMILES string of the molecule is Cn1cc(Nc2nccc(N3C[C@H]4CC[C@@H](C3)N4C[C@@H]3C[C@H]3C#N)n2)cn1. The Bertz CT molecular complexity index is 857. The Morgan fingerprint density at radius 2 is 2.11 bits per heavy atom. The minimum absolute atomic E-state index is 0.297. The van der Waals surface area contributed by atoms with Crippen LogP contribution < -0.4 is 10.2 Å². The van der Waals surface area contributed by atoms with Crippen LogP contribution in [0.1, 0.15) is 19.3 Å². The topological polar surface area (TPSA) is 85.9 Å². The second-order valence-electron chi connectivity index (χ2n) is 7.98. The number of nitrogens with zero attached hydrogens (tertiary/aromatic N) is 7. The number of nitriles is 1. The second-order valence-corrected chi connectivity index (χ2v) is 7.98. The summed E-state index contributed by atoms with van der Waals surface area (Å²) in [6.45, 7) is 3.10. The fourth-order valence-electron chi connectivity index (χ4n) is 4.55. The molecule has 8 nitrogen and oxygen atoms in total. The Kier molecular flexibility index (Phi) is 3.97. The van der Waals surface area contributed by atoms with E-state index in [0.717, 1.165) is 37.6 Å². The summed E-state index contributed by atoms with van der Waals surface area (Å²) in [6, 6.07) is 5.57. The average molecular weight is 364 g/mol. The molecule has 0 unspecified atom stereocenters.